The first-order valence-electron chi connectivity index (χ1n) is 16.0. The number of para-hydroxylation sites is 1. The van der Waals surface area contributed by atoms with Crippen LogP contribution in [-0.4, -0.2) is 44.0 Å². The SMILES string of the molecule is COC(=O)C(Cc1ccc(OCCCNC(=O)C2(Cc3ccccc3)CCCC2)cc1)Nc1ccccc1C(=O)c1ccccc1. The summed E-state index contributed by atoms with van der Waals surface area (Å²) in [6.07, 6.45) is 5.89. The number of anilines is 1. The summed E-state index contributed by atoms with van der Waals surface area (Å²) >= 11 is 0. The van der Waals surface area contributed by atoms with Gasteiger partial charge in [0.15, 0.2) is 5.78 Å². The van der Waals surface area contributed by atoms with Gasteiger partial charge in [-0.15, -0.1) is 0 Å². The normalized spacial score (nSPS) is 14.2. The molecule has 0 saturated heterocycles. The number of amides is 1. The number of esters is 1. The zero-order chi connectivity index (χ0) is 32.2. The lowest BCUT2D eigenvalue weighted by molar-refractivity contribution is -0.141. The number of ketones is 1. The molecule has 0 bridgehead atoms. The molecule has 1 unspecified atom stereocenters. The minimum absolute atomic E-state index is 0.126. The van der Waals surface area contributed by atoms with Crippen molar-refractivity contribution in [3.63, 3.8) is 0 Å². The first kappa shape index (κ1) is 32.5. The molecule has 4 aromatic rings. The Morgan fingerprint density at radius 3 is 2.13 bits per heavy atom. The number of hydrogen-bond donors (Lipinski definition) is 2. The quantitative estimate of drug-likeness (QED) is 0.0865. The molecule has 0 aliphatic heterocycles. The smallest absolute Gasteiger partial charge is 0.328 e. The van der Waals surface area contributed by atoms with E-state index in [4.69, 9.17) is 9.47 Å². The second kappa shape index (κ2) is 15.9. The number of ether oxygens (including phenoxy) is 2. The van der Waals surface area contributed by atoms with Crippen molar-refractivity contribution in [2.24, 2.45) is 5.41 Å². The maximum absolute atomic E-state index is 13.2. The molecule has 7 heteroatoms. The minimum Gasteiger partial charge on any atom is -0.494 e. The molecule has 0 radical (unpaired) electrons. The molecule has 0 heterocycles. The molecular weight excluding hydrogens is 576 g/mol. The summed E-state index contributed by atoms with van der Waals surface area (Å²) in [6, 6.07) is 33.4. The van der Waals surface area contributed by atoms with Crippen LogP contribution in [-0.2, 0) is 27.2 Å². The number of carbonyl (C=O) groups excluding carboxylic acids is 3. The highest BCUT2D eigenvalue weighted by atomic mass is 16.5. The summed E-state index contributed by atoms with van der Waals surface area (Å²) in [6.45, 7) is 1.04. The van der Waals surface area contributed by atoms with E-state index in [0.29, 0.717) is 48.6 Å². The van der Waals surface area contributed by atoms with Crippen LogP contribution in [0.2, 0.25) is 0 Å². The number of nitrogens with one attached hydrogen (secondary N) is 2. The predicted molar refractivity (Wildman–Crippen MR) is 180 cm³/mol. The van der Waals surface area contributed by atoms with E-state index in [2.05, 4.69) is 22.8 Å². The summed E-state index contributed by atoms with van der Waals surface area (Å²) in [4.78, 5) is 39.2. The van der Waals surface area contributed by atoms with Gasteiger partial charge in [0.25, 0.3) is 0 Å². The molecule has 5 rings (SSSR count). The van der Waals surface area contributed by atoms with Crippen molar-refractivity contribution in [1.29, 1.82) is 0 Å². The van der Waals surface area contributed by atoms with Crippen molar-refractivity contribution in [2.75, 3.05) is 25.6 Å². The second-order valence-corrected chi connectivity index (χ2v) is 11.9. The van der Waals surface area contributed by atoms with Crippen LogP contribution in [0.4, 0.5) is 5.69 Å². The Balaban J connectivity index is 1.12. The molecule has 46 heavy (non-hydrogen) atoms. The Morgan fingerprint density at radius 1 is 0.783 bits per heavy atom. The van der Waals surface area contributed by atoms with Crippen LogP contribution in [0.15, 0.2) is 109 Å². The number of carbonyl (C=O) groups is 3. The third kappa shape index (κ3) is 8.42. The summed E-state index contributed by atoms with van der Waals surface area (Å²) < 4.78 is 11.0. The van der Waals surface area contributed by atoms with Crippen molar-refractivity contribution in [1.82, 2.24) is 5.32 Å². The molecule has 1 amide bonds. The Kier molecular flexibility index (Phi) is 11.2. The molecule has 0 aromatic heterocycles. The summed E-state index contributed by atoms with van der Waals surface area (Å²) in [5, 5.41) is 6.41. The number of methoxy groups -OCH3 is 1. The van der Waals surface area contributed by atoms with Gasteiger partial charge in [0, 0.05) is 29.8 Å². The maximum Gasteiger partial charge on any atom is 0.328 e. The van der Waals surface area contributed by atoms with E-state index in [1.165, 1.54) is 12.7 Å². The fraction of sp³-hybridized carbons (Fsp3) is 0.308. The molecule has 1 fully saturated rings. The van der Waals surface area contributed by atoms with Crippen LogP contribution in [0.1, 0.15) is 59.2 Å². The fourth-order valence-corrected chi connectivity index (χ4v) is 6.21. The average molecular weight is 619 g/mol. The maximum atomic E-state index is 13.2. The van der Waals surface area contributed by atoms with E-state index >= 15 is 0 Å². The van der Waals surface area contributed by atoms with Crippen molar-refractivity contribution < 1.29 is 23.9 Å². The highest BCUT2D eigenvalue weighted by molar-refractivity contribution is 6.12. The van der Waals surface area contributed by atoms with E-state index in [9.17, 15) is 14.4 Å². The van der Waals surface area contributed by atoms with Crippen molar-refractivity contribution >= 4 is 23.3 Å². The molecule has 1 atom stereocenters. The van der Waals surface area contributed by atoms with Crippen LogP contribution in [0, 0.1) is 5.41 Å². The van der Waals surface area contributed by atoms with Gasteiger partial charge in [-0.3, -0.25) is 9.59 Å². The highest BCUT2D eigenvalue weighted by Gasteiger charge is 2.40. The van der Waals surface area contributed by atoms with Crippen LogP contribution in [0.25, 0.3) is 0 Å². The van der Waals surface area contributed by atoms with Gasteiger partial charge in [0.2, 0.25) is 5.91 Å². The average Bonchev–Trinajstić information content (AvgIpc) is 3.58. The first-order valence-corrected chi connectivity index (χ1v) is 16.0. The summed E-state index contributed by atoms with van der Waals surface area (Å²) in [5.74, 6) is 0.318. The van der Waals surface area contributed by atoms with Gasteiger partial charge in [-0.2, -0.15) is 0 Å². The second-order valence-electron chi connectivity index (χ2n) is 11.9. The van der Waals surface area contributed by atoms with Crippen molar-refractivity contribution in [3.8, 4) is 5.75 Å². The van der Waals surface area contributed by atoms with Gasteiger partial charge in [0.05, 0.1) is 19.1 Å². The number of rotatable bonds is 15. The molecule has 7 nitrogen and oxygen atoms in total. The van der Waals surface area contributed by atoms with Gasteiger partial charge in [-0.1, -0.05) is 97.8 Å². The molecule has 1 aliphatic carbocycles. The van der Waals surface area contributed by atoms with Gasteiger partial charge < -0.3 is 20.1 Å². The zero-order valence-corrected chi connectivity index (χ0v) is 26.4. The monoisotopic (exact) mass is 618 g/mol. The van der Waals surface area contributed by atoms with Crippen molar-refractivity contribution in [3.05, 3.63) is 131 Å². The standard InChI is InChI=1S/C39H42N2O5/c1-45-37(43)35(41-34-18-9-8-17-33(34)36(42)31-15-6-3-7-16-31)27-29-19-21-32(22-20-29)46-26-12-25-40-38(44)39(23-10-11-24-39)28-30-13-4-2-5-14-30/h2-9,13-22,35,41H,10-12,23-28H2,1H3,(H,40,44). The lowest BCUT2D eigenvalue weighted by Gasteiger charge is -2.28. The van der Waals surface area contributed by atoms with Crippen molar-refractivity contribution in [2.45, 2.75) is 51.0 Å². The Bertz CT molecular complexity index is 1580. The van der Waals surface area contributed by atoms with Gasteiger partial charge in [-0.05, 0) is 61.1 Å². The fourth-order valence-electron chi connectivity index (χ4n) is 6.21. The predicted octanol–water partition coefficient (Wildman–Crippen LogP) is 6.80. The van der Waals surface area contributed by atoms with Crippen LogP contribution in [0.5, 0.6) is 5.75 Å². The van der Waals surface area contributed by atoms with Crippen LogP contribution < -0.4 is 15.4 Å². The Morgan fingerprint density at radius 2 is 1.43 bits per heavy atom. The third-order valence-corrected chi connectivity index (χ3v) is 8.69. The molecule has 0 spiro atoms. The van der Waals surface area contributed by atoms with Gasteiger partial charge in [-0.25, -0.2) is 4.79 Å². The summed E-state index contributed by atoms with van der Waals surface area (Å²) in [7, 11) is 1.36. The lowest BCUT2D eigenvalue weighted by Crippen LogP contribution is -2.41. The third-order valence-electron chi connectivity index (χ3n) is 8.69. The van der Waals surface area contributed by atoms with E-state index < -0.39 is 12.0 Å². The molecule has 2 N–H and O–H groups in total. The zero-order valence-electron chi connectivity index (χ0n) is 26.4. The number of hydrogen-bond acceptors (Lipinski definition) is 6. The molecule has 4 aromatic carbocycles. The highest BCUT2D eigenvalue weighted by Crippen LogP contribution is 2.41. The Labute approximate surface area is 271 Å². The largest absolute Gasteiger partial charge is 0.494 e. The first-order chi connectivity index (χ1) is 22.5. The topological polar surface area (TPSA) is 93.7 Å². The van der Waals surface area contributed by atoms with Gasteiger partial charge in [0.1, 0.15) is 11.8 Å². The molecule has 1 aliphatic rings. The minimum atomic E-state index is -0.699. The molecular formula is C39H42N2O5. The van der Waals surface area contributed by atoms with E-state index in [1.54, 1.807) is 30.3 Å². The van der Waals surface area contributed by atoms with Crippen LogP contribution >= 0.6 is 0 Å². The van der Waals surface area contributed by atoms with E-state index in [-0.39, 0.29) is 17.1 Å². The van der Waals surface area contributed by atoms with Gasteiger partial charge >= 0.3 is 5.97 Å². The molecule has 238 valence electrons. The lowest BCUT2D eigenvalue weighted by atomic mass is 9.79. The van der Waals surface area contributed by atoms with E-state index in [1.807, 2.05) is 66.7 Å². The Hall–Kier alpha value is -4.91. The molecule has 1 saturated carbocycles. The van der Waals surface area contributed by atoms with Crippen LogP contribution in [0.3, 0.4) is 0 Å². The number of benzene rings is 4. The van der Waals surface area contributed by atoms with E-state index in [0.717, 1.165) is 37.7 Å². The summed E-state index contributed by atoms with van der Waals surface area (Å²) in [5.41, 5.74) is 3.44.